The van der Waals surface area contributed by atoms with Gasteiger partial charge in [-0.25, -0.2) is 0 Å². The van der Waals surface area contributed by atoms with Crippen molar-refractivity contribution >= 4 is 11.7 Å². The summed E-state index contributed by atoms with van der Waals surface area (Å²) in [6.45, 7) is 0. The van der Waals surface area contributed by atoms with E-state index in [1.807, 2.05) is 0 Å². The lowest BCUT2D eigenvalue weighted by molar-refractivity contribution is -0.118. The molecule has 0 unspecified atom stereocenters. The average molecular weight is 193 g/mol. The van der Waals surface area contributed by atoms with Crippen molar-refractivity contribution in [3.63, 3.8) is 0 Å². The van der Waals surface area contributed by atoms with Crippen LogP contribution in [0.2, 0.25) is 0 Å². The van der Waals surface area contributed by atoms with Crippen LogP contribution in [0.5, 0.6) is 5.75 Å². The standard InChI is InChI=1S/C10H11NO3/c11-10(14)5-4-9(13)7-2-1-3-8(12)6-7/h1-3,6,12H,4-5H2,(H2,11,14). The van der Waals surface area contributed by atoms with Crippen molar-refractivity contribution in [2.45, 2.75) is 12.8 Å². The van der Waals surface area contributed by atoms with Crippen molar-refractivity contribution in [2.75, 3.05) is 0 Å². The molecule has 1 amide bonds. The van der Waals surface area contributed by atoms with Gasteiger partial charge in [-0.05, 0) is 12.1 Å². The van der Waals surface area contributed by atoms with Gasteiger partial charge in [0.1, 0.15) is 5.75 Å². The van der Waals surface area contributed by atoms with Gasteiger partial charge < -0.3 is 10.8 Å². The summed E-state index contributed by atoms with van der Waals surface area (Å²) in [5, 5.41) is 9.10. The quantitative estimate of drug-likeness (QED) is 0.695. The minimum atomic E-state index is -0.501. The van der Waals surface area contributed by atoms with Gasteiger partial charge in [-0.3, -0.25) is 9.59 Å². The number of ketones is 1. The minimum Gasteiger partial charge on any atom is -0.508 e. The third kappa shape index (κ3) is 2.90. The number of aromatic hydroxyl groups is 1. The van der Waals surface area contributed by atoms with E-state index in [1.54, 1.807) is 12.1 Å². The molecular formula is C10H11NO3. The lowest BCUT2D eigenvalue weighted by atomic mass is 10.1. The number of carbonyl (C=O) groups is 2. The van der Waals surface area contributed by atoms with Crippen LogP contribution in [0.4, 0.5) is 0 Å². The monoisotopic (exact) mass is 193 g/mol. The van der Waals surface area contributed by atoms with Crippen LogP contribution in [0.15, 0.2) is 24.3 Å². The van der Waals surface area contributed by atoms with E-state index in [2.05, 4.69) is 0 Å². The van der Waals surface area contributed by atoms with Crippen LogP contribution in [0, 0.1) is 0 Å². The summed E-state index contributed by atoms with van der Waals surface area (Å²) in [5.74, 6) is -0.659. The second-order valence-electron chi connectivity index (χ2n) is 2.94. The molecule has 4 nitrogen and oxygen atoms in total. The Morgan fingerprint density at radius 2 is 2.00 bits per heavy atom. The minimum absolute atomic E-state index is 0.0362. The summed E-state index contributed by atoms with van der Waals surface area (Å²) in [6.07, 6.45) is 0.118. The van der Waals surface area contributed by atoms with Gasteiger partial charge in [0.15, 0.2) is 5.78 Å². The van der Waals surface area contributed by atoms with E-state index in [1.165, 1.54) is 12.1 Å². The molecule has 0 spiro atoms. The van der Waals surface area contributed by atoms with E-state index >= 15 is 0 Å². The number of hydrogen-bond donors (Lipinski definition) is 2. The number of phenols is 1. The molecule has 0 bridgehead atoms. The predicted octanol–water partition coefficient (Wildman–Crippen LogP) is 0.840. The van der Waals surface area contributed by atoms with E-state index in [4.69, 9.17) is 10.8 Å². The highest BCUT2D eigenvalue weighted by Gasteiger charge is 2.07. The number of phenolic OH excluding ortho intramolecular Hbond substituents is 1. The van der Waals surface area contributed by atoms with Gasteiger partial charge in [0.05, 0.1) is 0 Å². The van der Waals surface area contributed by atoms with Gasteiger partial charge in [-0.15, -0.1) is 0 Å². The molecule has 4 heteroatoms. The summed E-state index contributed by atoms with van der Waals surface area (Å²) >= 11 is 0. The van der Waals surface area contributed by atoms with Crippen molar-refractivity contribution in [3.05, 3.63) is 29.8 Å². The first-order valence-electron chi connectivity index (χ1n) is 4.20. The Morgan fingerprint density at radius 3 is 2.57 bits per heavy atom. The van der Waals surface area contributed by atoms with Crippen molar-refractivity contribution in [1.82, 2.24) is 0 Å². The fourth-order valence-electron chi connectivity index (χ4n) is 1.06. The topological polar surface area (TPSA) is 80.4 Å². The Labute approximate surface area is 81.3 Å². The molecular weight excluding hydrogens is 182 g/mol. The second kappa shape index (κ2) is 4.41. The van der Waals surface area contributed by atoms with E-state index < -0.39 is 5.91 Å². The molecule has 1 rings (SSSR count). The molecule has 0 aliphatic carbocycles. The van der Waals surface area contributed by atoms with Crippen LogP contribution >= 0.6 is 0 Å². The van der Waals surface area contributed by atoms with Gasteiger partial charge in [-0.1, -0.05) is 12.1 Å². The normalized spacial score (nSPS) is 9.71. The van der Waals surface area contributed by atoms with Gasteiger partial charge in [-0.2, -0.15) is 0 Å². The fourth-order valence-corrected chi connectivity index (χ4v) is 1.06. The van der Waals surface area contributed by atoms with Crippen LogP contribution in [0.3, 0.4) is 0 Å². The first kappa shape index (κ1) is 10.2. The maximum atomic E-state index is 11.4. The van der Waals surface area contributed by atoms with Crippen molar-refractivity contribution in [2.24, 2.45) is 5.73 Å². The van der Waals surface area contributed by atoms with E-state index in [-0.39, 0.29) is 24.4 Å². The number of rotatable bonds is 4. The number of Topliss-reactive ketones (excluding diaryl/α,β-unsaturated/α-hetero) is 1. The fraction of sp³-hybridized carbons (Fsp3) is 0.200. The number of carbonyl (C=O) groups excluding carboxylic acids is 2. The number of amides is 1. The highest BCUT2D eigenvalue weighted by molar-refractivity contribution is 5.98. The molecule has 0 radical (unpaired) electrons. The molecule has 0 fully saturated rings. The maximum absolute atomic E-state index is 11.4. The Bertz CT molecular complexity index is 360. The third-order valence-corrected chi connectivity index (χ3v) is 1.77. The molecule has 74 valence electrons. The van der Waals surface area contributed by atoms with Crippen LogP contribution in [-0.4, -0.2) is 16.8 Å². The first-order chi connectivity index (χ1) is 6.59. The van der Waals surface area contributed by atoms with Gasteiger partial charge >= 0.3 is 0 Å². The van der Waals surface area contributed by atoms with Crippen molar-refractivity contribution in [1.29, 1.82) is 0 Å². The summed E-state index contributed by atoms with van der Waals surface area (Å²) in [7, 11) is 0. The highest BCUT2D eigenvalue weighted by atomic mass is 16.3. The summed E-state index contributed by atoms with van der Waals surface area (Å²) in [5.41, 5.74) is 5.30. The molecule has 0 aromatic heterocycles. The van der Waals surface area contributed by atoms with Crippen LogP contribution < -0.4 is 5.73 Å². The average Bonchev–Trinajstić information content (AvgIpc) is 2.14. The van der Waals surface area contributed by atoms with E-state index in [9.17, 15) is 9.59 Å². The van der Waals surface area contributed by atoms with Crippen molar-refractivity contribution < 1.29 is 14.7 Å². The molecule has 14 heavy (non-hydrogen) atoms. The Hall–Kier alpha value is -1.84. The maximum Gasteiger partial charge on any atom is 0.217 e. The predicted molar refractivity (Wildman–Crippen MR) is 50.9 cm³/mol. The van der Waals surface area contributed by atoms with E-state index in [0.717, 1.165) is 0 Å². The number of benzene rings is 1. The van der Waals surface area contributed by atoms with Gasteiger partial charge in [0, 0.05) is 18.4 Å². The number of primary amides is 1. The summed E-state index contributed by atoms with van der Waals surface area (Å²) < 4.78 is 0. The summed E-state index contributed by atoms with van der Waals surface area (Å²) in [4.78, 5) is 21.8. The Kier molecular flexibility index (Phi) is 3.23. The molecule has 3 N–H and O–H groups in total. The molecule has 0 heterocycles. The SMILES string of the molecule is NC(=O)CCC(=O)c1cccc(O)c1. The smallest absolute Gasteiger partial charge is 0.217 e. The van der Waals surface area contributed by atoms with E-state index in [0.29, 0.717) is 5.56 Å². The van der Waals surface area contributed by atoms with Crippen LogP contribution in [0.1, 0.15) is 23.2 Å². The second-order valence-corrected chi connectivity index (χ2v) is 2.94. The molecule has 1 aromatic carbocycles. The molecule has 0 aliphatic heterocycles. The Balaban J connectivity index is 2.65. The third-order valence-electron chi connectivity index (χ3n) is 1.77. The Morgan fingerprint density at radius 1 is 1.29 bits per heavy atom. The molecule has 0 saturated carbocycles. The molecule has 1 aromatic rings. The largest absolute Gasteiger partial charge is 0.508 e. The molecule has 0 aliphatic rings. The lowest BCUT2D eigenvalue weighted by Gasteiger charge is -1.99. The molecule has 0 atom stereocenters. The zero-order valence-electron chi connectivity index (χ0n) is 7.56. The lowest BCUT2D eigenvalue weighted by Crippen LogP contribution is -2.12. The zero-order valence-corrected chi connectivity index (χ0v) is 7.56. The van der Waals surface area contributed by atoms with Gasteiger partial charge in [0.2, 0.25) is 5.91 Å². The number of nitrogens with two attached hydrogens (primary N) is 1. The number of hydrogen-bond acceptors (Lipinski definition) is 3. The first-order valence-corrected chi connectivity index (χ1v) is 4.20. The van der Waals surface area contributed by atoms with Crippen LogP contribution in [0.25, 0.3) is 0 Å². The van der Waals surface area contributed by atoms with Gasteiger partial charge in [0.25, 0.3) is 0 Å². The van der Waals surface area contributed by atoms with Crippen molar-refractivity contribution in [3.8, 4) is 5.75 Å². The highest BCUT2D eigenvalue weighted by Crippen LogP contribution is 2.13. The van der Waals surface area contributed by atoms with Crippen LogP contribution in [-0.2, 0) is 4.79 Å². The summed E-state index contributed by atoms with van der Waals surface area (Å²) in [6, 6.07) is 6.00. The molecule has 0 saturated heterocycles. The zero-order chi connectivity index (χ0) is 10.6.